The number of carbonyl (C=O) groups is 2. The van der Waals surface area contributed by atoms with Crippen LogP contribution in [-0.4, -0.2) is 28.4 Å². The number of hydrogen-bond acceptors (Lipinski definition) is 4. The monoisotopic (exact) mass is 245 g/mol. The van der Waals surface area contributed by atoms with Gasteiger partial charge in [-0.15, -0.1) is 0 Å². The molecule has 2 aromatic heterocycles. The van der Waals surface area contributed by atoms with E-state index in [0.717, 1.165) is 0 Å². The van der Waals surface area contributed by atoms with Crippen LogP contribution in [0.2, 0.25) is 0 Å². The zero-order valence-corrected chi connectivity index (χ0v) is 9.42. The maximum atomic E-state index is 11.6. The molecule has 2 aromatic rings. The number of carbonyl (C=O) groups excluding carboxylic acids is 2. The van der Waals surface area contributed by atoms with Crippen LogP contribution in [0.3, 0.4) is 0 Å². The fraction of sp³-hybridized carbons (Fsp3) is 0.0833. The minimum absolute atomic E-state index is 0.196. The first-order valence-electron chi connectivity index (χ1n) is 5.27. The SMILES string of the molecule is O=C(CNC(=O)c1cccnc1)Oc1cc[nH]c1. The van der Waals surface area contributed by atoms with E-state index in [1.807, 2.05) is 0 Å². The minimum atomic E-state index is -0.535. The Balaban J connectivity index is 1.81. The van der Waals surface area contributed by atoms with Crippen molar-refractivity contribution in [3.8, 4) is 5.75 Å². The second-order valence-corrected chi connectivity index (χ2v) is 3.45. The zero-order chi connectivity index (χ0) is 12.8. The van der Waals surface area contributed by atoms with Crippen LogP contribution >= 0.6 is 0 Å². The maximum Gasteiger partial charge on any atom is 0.330 e. The molecule has 0 aromatic carbocycles. The number of aromatic amines is 1. The summed E-state index contributed by atoms with van der Waals surface area (Å²) in [5.74, 6) is -0.489. The third-order valence-electron chi connectivity index (χ3n) is 2.12. The van der Waals surface area contributed by atoms with E-state index in [2.05, 4.69) is 15.3 Å². The van der Waals surface area contributed by atoms with E-state index in [9.17, 15) is 9.59 Å². The van der Waals surface area contributed by atoms with E-state index < -0.39 is 5.97 Å². The molecule has 0 radical (unpaired) electrons. The number of pyridine rings is 1. The Bertz CT molecular complexity index is 523. The highest BCUT2D eigenvalue weighted by atomic mass is 16.5. The van der Waals surface area contributed by atoms with Crippen LogP contribution in [0.5, 0.6) is 5.75 Å². The molecule has 2 N–H and O–H groups in total. The highest BCUT2D eigenvalue weighted by Gasteiger charge is 2.09. The lowest BCUT2D eigenvalue weighted by molar-refractivity contribution is -0.133. The second-order valence-electron chi connectivity index (χ2n) is 3.45. The van der Waals surface area contributed by atoms with Crippen LogP contribution in [0.4, 0.5) is 0 Å². The first-order valence-corrected chi connectivity index (χ1v) is 5.27. The first-order chi connectivity index (χ1) is 8.75. The number of hydrogen-bond donors (Lipinski definition) is 2. The average Bonchev–Trinajstić information content (AvgIpc) is 2.90. The Morgan fingerprint density at radius 3 is 2.94 bits per heavy atom. The molecule has 0 unspecified atom stereocenters. The predicted molar refractivity (Wildman–Crippen MR) is 63.0 cm³/mol. The van der Waals surface area contributed by atoms with Gasteiger partial charge in [0, 0.05) is 24.8 Å². The van der Waals surface area contributed by atoms with Gasteiger partial charge in [-0.2, -0.15) is 0 Å². The summed E-state index contributed by atoms with van der Waals surface area (Å²) in [6, 6.07) is 4.87. The van der Waals surface area contributed by atoms with Gasteiger partial charge < -0.3 is 15.0 Å². The summed E-state index contributed by atoms with van der Waals surface area (Å²) >= 11 is 0. The van der Waals surface area contributed by atoms with Gasteiger partial charge in [-0.25, -0.2) is 4.79 Å². The lowest BCUT2D eigenvalue weighted by Gasteiger charge is -2.04. The van der Waals surface area contributed by atoms with Crippen molar-refractivity contribution in [1.82, 2.24) is 15.3 Å². The summed E-state index contributed by atoms with van der Waals surface area (Å²) < 4.78 is 4.94. The topological polar surface area (TPSA) is 84.1 Å². The molecule has 0 spiro atoms. The fourth-order valence-corrected chi connectivity index (χ4v) is 1.29. The molecule has 0 aliphatic rings. The number of aromatic nitrogens is 2. The Morgan fingerprint density at radius 2 is 2.28 bits per heavy atom. The van der Waals surface area contributed by atoms with Crippen molar-refractivity contribution in [1.29, 1.82) is 0 Å². The van der Waals surface area contributed by atoms with Gasteiger partial charge in [0.05, 0.1) is 5.56 Å². The molecule has 0 saturated carbocycles. The van der Waals surface area contributed by atoms with Gasteiger partial charge in [-0.1, -0.05) is 0 Å². The Morgan fingerprint density at radius 1 is 1.39 bits per heavy atom. The third kappa shape index (κ3) is 3.18. The van der Waals surface area contributed by atoms with E-state index in [0.29, 0.717) is 11.3 Å². The van der Waals surface area contributed by atoms with Crippen LogP contribution in [0.1, 0.15) is 10.4 Å². The number of amides is 1. The van der Waals surface area contributed by atoms with Gasteiger partial charge >= 0.3 is 5.97 Å². The summed E-state index contributed by atoms with van der Waals surface area (Å²) in [7, 11) is 0. The summed E-state index contributed by atoms with van der Waals surface area (Å²) in [6.45, 7) is -0.196. The summed E-state index contributed by atoms with van der Waals surface area (Å²) in [5.41, 5.74) is 0.395. The van der Waals surface area contributed by atoms with Crippen LogP contribution in [0.15, 0.2) is 43.0 Å². The second kappa shape index (κ2) is 5.62. The Kier molecular flexibility index (Phi) is 3.70. The molecular weight excluding hydrogens is 234 g/mol. The lowest BCUT2D eigenvalue weighted by atomic mass is 10.3. The van der Waals surface area contributed by atoms with Gasteiger partial charge in [0.25, 0.3) is 5.91 Å². The largest absolute Gasteiger partial charge is 0.424 e. The first kappa shape index (κ1) is 11.8. The van der Waals surface area contributed by atoms with Gasteiger partial charge in [0.2, 0.25) is 0 Å². The van der Waals surface area contributed by atoms with Crippen molar-refractivity contribution in [3.05, 3.63) is 48.5 Å². The molecule has 2 rings (SSSR count). The molecule has 0 aliphatic carbocycles. The molecule has 6 nitrogen and oxygen atoms in total. The molecule has 6 heteroatoms. The van der Waals surface area contributed by atoms with Crippen LogP contribution in [0, 0.1) is 0 Å². The zero-order valence-electron chi connectivity index (χ0n) is 9.42. The van der Waals surface area contributed by atoms with Gasteiger partial charge in [0.1, 0.15) is 12.3 Å². The molecule has 1 amide bonds. The normalized spacial score (nSPS) is 9.78. The van der Waals surface area contributed by atoms with Crippen molar-refractivity contribution in [2.75, 3.05) is 6.54 Å². The average molecular weight is 245 g/mol. The lowest BCUT2D eigenvalue weighted by Crippen LogP contribution is -2.31. The van der Waals surface area contributed by atoms with Crippen LogP contribution in [-0.2, 0) is 4.79 Å². The molecule has 0 aliphatic heterocycles. The molecule has 0 bridgehead atoms. The quantitative estimate of drug-likeness (QED) is 0.778. The molecule has 2 heterocycles. The Hall–Kier alpha value is -2.63. The predicted octanol–water partition coefficient (Wildman–Crippen LogP) is 0.745. The van der Waals surface area contributed by atoms with Crippen molar-refractivity contribution in [2.45, 2.75) is 0 Å². The van der Waals surface area contributed by atoms with E-state index in [1.54, 1.807) is 36.8 Å². The molecule has 92 valence electrons. The van der Waals surface area contributed by atoms with Crippen LogP contribution in [0.25, 0.3) is 0 Å². The third-order valence-corrected chi connectivity index (χ3v) is 2.12. The van der Waals surface area contributed by atoms with E-state index in [-0.39, 0.29) is 12.5 Å². The van der Waals surface area contributed by atoms with E-state index >= 15 is 0 Å². The van der Waals surface area contributed by atoms with Crippen molar-refractivity contribution >= 4 is 11.9 Å². The highest BCUT2D eigenvalue weighted by Crippen LogP contribution is 2.06. The standard InChI is InChI=1S/C12H11N3O3/c16-11(18-10-3-5-14-7-10)8-15-12(17)9-2-1-4-13-6-9/h1-7,14H,8H2,(H,15,17). The highest BCUT2D eigenvalue weighted by molar-refractivity contribution is 5.95. The molecule has 0 fully saturated rings. The summed E-state index contributed by atoms with van der Waals surface area (Å²) in [4.78, 5) is 29.5. The minimum Gasteiger partial charge on any atom is -0.424 e. The van der Waals surface area contributed by atoms with Gasteiger partial charge in [0.15, 0.2) is 0 Å². The number of H-pyrrole nitrogens is 1. The number of rotatable bonds is 4. The number of nitrogens with one attached hydrogen (secondary N) is 2. The molecule has 0 saturated heterocycles. The fourth-order valence-electron chi connectivity index (χ4n) is 1.29. The molecule has 18 heavy (non-hydrogen) atoms. The molecular formula is C12H11N3O3. The van der Waals surface area contributed by atoms with Crippen LogP contribution < -0.4 is 10.1 Å². The molecule has 0 atom stereocenters. The van der Waals surface area contributed by atoms with E-state index in [4.69, 9.17) is 4.74 Å². The number of esters is 1. The van der Waals surface area contributed by atoms with Gasteiger partial charge in [-0.3, -0.25) is 9.78 Å². The van der Waals surface area contributed by atoms with Crippen molar-refractivity contribution < 1.29 is 14.3 Å². The van der Waals surface area contributed by atoms with Gasteiger partial charge in [-0.05, 0) is 18.2 Å². The number of ether oxygens (including phenoxy) is 1. The number of nitrogens with zero attached hydrogens (tertiary/aromatic N) is 1. The summed E-state index contributed by atoms with van der Waals surface area (Å²) in [5, 5.41) is 2.45. The van der Waals surface area contributed by atoms with Crippen molar-refractivity contribution in [3.63, 3.8) is 0 Å². The Labute approximate surface area is 103 Å². The van der Waals surface area contributed by atoms with E-state index in [1.165, 1.54) is 6.20 Å². The maximum absolute atomic E-state index is 11.6. The smallest absolute Gasteiger partial charge is 0.330 e. The summed E-state index contributed by atoms with van der Waals surface area (Å²) in [6.07, 6.45) is 6.17. The van der Waals surface area contributed by atoms with Crippen molar-refractivity contribution in [2.24, 2.45) is 0 Å².